The van der Waals surface area contributed by atoms with Gasteiger partial charge >= 0.3 is 0 Å². The summed E-state index contributed by atoms with van der Waals surface area (Å²) in [5.41, 5.74) is 0.0918. The molecule has 1 atom stereocenters. The van der Waals surface area contributed by atoms with E-state index in [1.807, 2.05) is 0 Å². The van der Waals surface area contributed by atoms with Gasteiger partial charge in [0, 0.05) is 18.6 Å². The molecule has 0 aromatic rings. The van der Waals surface area contributed by atoms with Crippen molar-refractivity contribution in [2.24, 2.45) is 5.92 Å². The Balaban J connectivity index is 0.00000128. The van der Waals surface area contributed by atoms with E-state index in [-0.39, 0.29) is 23.9 Å². The Morgan fingerprint density at radius 3 is 2.62 bits per heavy atom. The Hall–Kier alpha value is -0.280. The van der Waals surface area contributed by atoms with Gasteiger partial charge in [0.15, 0.2) is 0 Å². The summed E-state index contributed by atoms with van der Waals surface area (Å²) in [6.07, 6.45) is 4.53. The Morgan fingerprint density at radius 2 is 2.12 bits per heavy atom. The highest BCUT2D eigenvalue weighted by Crippen LogP contribution is 2.30. The topological polar surface area (TPSA) is 32.3 Å². The van der Waals surface area contributed by atoms with E-state index < -0.39 is 0 Å². The lowest BCUT2D eigenvalue weighted by molar-refractivity contribution is -0.139. The van der Waals surface area contributed by atoms with Crippen molar-refractivity contribution in [1.29, 1.82) is 0 Å². The second kappa shape index (κ2) is 5.37. The number of hydrogen-bond donors (Lipinski definition) is 1. The molecule has 2 rings (SSSR count). The Bertz CT molecular complexity index is 249. The maximum atomic E-state index is 12.3. The second-order valence-electron chi connectivity index (χ2n) is 5.45. The first-order valence-corrected chi connectivity index (χ1v) is 6.13. The molecule has 1 N–H and O–H groups in total. The lowest BCUT2D eigenvalue weighted by Gasteiger charge is -2.35. The van der Waals surface area contributed by atoms with Crippen molar-refractivity contribution in [1.82, 2.24) is 10.2 Å². The molecule has 0 aromatic carbocycles. The van der Waals surface area contributed by atoms with Crippen LogP contribution in [0.4, 0.5) is 0 Å². The zero-order valence-corrected chi connectivity index (χ0v) is 11.1. The molecule has 4 heteroatoms. The minimum Gasteiger partial charge on any atom is -0.337 e. The van der Waals surface area contributed by atoms with E-state index in [2.05, 4.69) is 24.1 Å². The van der Waals surface area contributed by atoms with E-state index >= 15 is 0 Å². The molecular weight excluding hydrogens is 224 g/mol. The van der Waals surface area contributed by atoms with Crippen molar-refractivity contribution < 1.29 is 4.79 Å². The molecule has 0 aromatic heterocycles. The third kappa shape index (κ3) is 2.69. The maximum Gasteiger partial charge on any atom is 0.227 e. The summed E-state index contributed by atoms with van der Waals surface area (Å²) in [4.78, 5) is 14.4. The summed E-state index contributed by atoms with van der Waals surface area (Å²) in [6.45, 7) is 7.29. The second-order valence-corrected chi connectivity index (χ2v) is 5.45. The largest absolute Gasteiger partial charge is 0.337 e. The molecule has 0 saturated carbocycles. The predicted octanol–water partition coefficient (Wildman–Crippen LogP) is 1.81. The van der Waals surface area contributed by atoms with Crippen LogP contribution in [-0.2, 0) is 4.79 Å². The first kappa shape index (κ1) is 13.8. The summed E-state index contributed by atoms with van der Waals surface area (Å²) in [5, 5.41) is 3.32. The van der Waals surface area contributed by atoms with Crippen molar-refractivity contribution in [2.45, 2.75) is 45.1 Å². The van der Waals surface area contributed by atoms with Gasteiger partial charge in [-0.15, -0.1) is 12.4 Å². The first-order chi connectivity index (χ1) is 7.11. The number of nitrogens with one attached hydrogen (secondary N) is 1. The van der Waals surface area contributed by atoms with E-state index in [0.29, 0.717) is 5.91 Å². The molecule has 16 heavy (non-hydrogen) atoms. The van der Waals surface area contributed by atoms with Crippen molar-refractivity contribution in [3.05, 3.63) is 0 Å². The van der Waals surface area contributed by atoms with Gasteiger partial charge in [0.2, 0.25) is 5.91 Å². The highest BCUT2D eigenvalue weighted by Gasteiger charge is 2.38. The van der Waals surface area contributed by atoms with Crippen molar-refractivity contribution in [3.8, 4) is 0 Å². The summed E-state index contributed by atoms with van der Waals surface area (Å²) in [7, 11) is 0. The lowest BCUT2D eigenvalue weighted by Crippen LogP contribution is -2.48. The number of carbonyl (C=O) groups excluding carboxylic acids is 1. The monoisotopic (exact) mass is 246 g/mol. The van der Waals surface area contributed by atoms with Crippen LogP contribution in [0, 0.1) is 5.92 Å². The molecule has 2 aliphatic heterocycles. The molecule has 2 aliphatic rings. The molecule has 0 spiro atoms. The highest BCUT2D eigenvalue weighted by molar-refractivity contribution is 5.85. The van der Waals surface area contributed by atoms with Gasteiger partial charge in [0.25, 0.3) is 0 Å². The Kier molecular flexibility index (Phi) is 4.62. The number of hydrogen-bond acceptors (Lipinski definition) is 2. The van der Waals surface area contributed by atoms with Gasteiger partial charge < -0.3 is 10.2 Å². The number of rotatable bonds is 1. The Labute approximate surface area is 104 Å². The number of nitrogens with zero attached hydrogens (tertiary/aromatic N) is 1. The lowest BCUT2D eigenvalue weighted by atomic mass is 9.95. The van der Waals surface area contributed by atoms with Crippen LogP contribution in [0.25, 0.3) is 0 Å². The molecular formula is C12H23ClN2O. The van der Waals surface area contributed by atoms with Gasteiger partial charge in [-0.2, -0.15) is 0 Å². The molecule has 0 radical (unpaired) electrons. The summed E-state index contributed by atoms with van der Waals surface area (Å²) in [6, 6.07) is 0. The number of likely N-dealkylation sites (tertiary alicyclic amines) is 1. The van der Waals surface area contributed by atoms with E-state index in [9.17, 15) is 4.79 Å². The molecule has 0 unspecified atom stereocenters. The van der Waals surface area contributed by atoms with Crippen molar-refractivity contribution in [2.75, 3.05) is 19.6 Å². The quantitative estimate of drug-likeness (QED) is 0.766. The fourth-order valence-electron chi connectivity index (χ4n) is 2.80. The van der Waals surface area contributed by atoms with E-state index in [1.54, 1.807) is 0 Å². The fourth-order valence-corrected chi connectivity index (χ4v) is 2.80. The number of piperidine rings is 1. The van der Waals surface area contributed by atoms with Crippen LogP contribution >= 0.6 is 12.4 Å². The number of amides is 1. The molecule has 1 amide bonds. The minimum atomic E-state index is 0. The first-order valence-electron chi connectivity index (χ1n) is 6.13. The van der Waals surface area contributed by atoms with E-state index in [0.717, 1.165) is 38.9 Å². The smallest absolute Gasteiger partial charge is 0.227 e. The van der Waals surface area contributed by atoms with Crippen LogP contribution < -0.4 is 5.32 Å². The third-order valence-corrected chi connectivity index (χ3v) is 3.81. The van der Waals surface area contributed by atoms with Crippen molar-refractivity contribution in [3.63, 3.8) is 0 Å². The van der Waals surface area contributed by atoms with E-state index in [1.165, 1.54) is 6.42 Å². The molecule has 2 fully saturated rings. The standard InChI is InChI=1S/C12H22N2O.ClH/c1-12(2)6-4-8-14(12)11(15)10-5-3-7-13-9-10;/h10,13H,3-9H2,1-2H3;1H/t10-;/m1./s1. The van der Waals surface area contributed by atoms with Crippen LogP contribution in [0.3, 0.4) is 0 Å². The molecule has 0 bridgehead atoms. The summed E-state index contributed by atoms with van der Waals surface area (Å²) < 4.78 is 0. The van der Waals surface area contributed by atoms with Gasteiger partial charge in [-0.1, -0.05) is 0 Å². The van der Waals surface area contributed by atoms with Crippen molar-refractivity contribution >= 4 is 18.3 Å². The van der Waals surface area contributed by atoms with Gasteiger partial charge in [0.05, 0.1) is 5.92 Å². The summed E-state index contributed by atoms with van der Waals surface area (Å²) in [5.74, 6) is 0.612. The molecule has 3 nitrogen and oxygen atoms in total. The van der Waals surface area contributed by atoms with Crippen LogP contribution in [0.2, 0.25) is 0 Å². The molecule has 2 heterocycles. The zero-order chi connectivity index (χ0) is 10.9. The number of halogens is 1. The normalized spacial score (nSPS) is 28.6. The van der Waals surface area contributed by atoms with Gasteiger partial charge in [-0.25, -0.2) is 0 Å². The maximum absolute atomic E-state index is 12.3. The molecule has 94 valence electrons. The average molecular weight is 247 g/mol. The van der Waals surface area contributed by atoms with Crippen LogP contribution in [-0.4, -0.2) is 36.0 Å². The Morgan fingerprint density at radius 1 is 1.38 bits per heavy atom. The van der Waals surface area contributed by atoms with Gasteiger partial charge in [-0.05, 0) is 46.1 Å². The van der Waals surface area contributed by atoms with Gasteiger partial charge in [0.1, 0.15) is 0 Å². The van der Waals surface area contributed by atoms with Crippen LogP contribution in [0.5, 0.6) is 0 Å². The third-order valence-electron chi connectivity index (χ3n) is 3.81. The predicted molar refractivity (Wildman–Crippen MR) is 67.9 cm³/mol. The molecule has 0 aliphatic carbocycles. The van der Waals surface area contributed by atoms with Crippen LogP contribution in [0.15, 0.2) is 0 Å². The average Bonchev–Trinajstić information content (AvgIpc) is 2.58. The van der Waals surface area contributed by atoms with Crippen LogP contribution in [0.1, 0.15) is 39.5 Å². The van der Waals surface area contributed by atoms with E-state index in [4.69, 9.17) is 0 Å². The number of carbonyl (C=O) groups is 1. The minimum absolute atomic E-state index is 0. The highest BCUT2D eigenvalue weighted by atomic mass is 35.5. The summed E-state index contributed by atoms with van der Waals surface area (Å²) >= 11 is 0. The zero-order valence-electron chi connectivity index (χ0n) is 10.3. The van der Waals surface area contributed by atoms with Gasteiger partial charge in [-0.3, -0.25) is 4.79 Å². The molecule has 2 saturated heterocycles. The SMILES string of the molecule is CC1(C)CCCN1C(=O)[C@@H]1CCCNC1.Cl. The fraction of sp³-hybridized carbons (Fsp3) is 0.917.